The van der Waals surface area contributed by atoms with Crippen molar-refractivity contribution in [1.29, 1.82) is 0 Å². The van der Waals surface area contributed by atoms with Gasteiger partial charge in [-0.1, -0.05) is 18.2 Å². The first-order valence-electron chi connectivity index (χ1n) is 10.1. The molecule has 2 aromatic carbocycles. The number of anilines is 4. The van der Waals surface area contributed by atoms with Crippen molar-refractivity contribution in [1.82, 2.24) is 9.97 Å². The Morgan fingerprint density at radius 2 is 1.55 bits per heavy atom. The van der Waals surface area contributed by atoms with Gasteiger partial charge in [-0.3, -0.25) is 0 Å². The summed E-state index contributed by atoms with van der Waals surface area (Å²) in [6.07, 6.45) is 1.79. The van der Waals surface area contributed by atoms with Crippen LogP contribution < -0.4 is 19.9 Å². The molecule has 29 heavy (non-hydrogen) atoms. The Morgan fingerprint density at radius 3 is 2.24 bits per heavy atom. The van der Waals surface area contributed by atoms with Crippen LogP contribution in [0.4, 0.5) is 23.0 Å². The van der Waals surface area contributed by atoms with Gasteiger partial charge in [0.25, 0.3) is 0 Å². The fourth-order valence-electron chi connectivity index (χ4n) is 3.46. The predicted octanol–water partition coefficient (Wildman–Crippen LogP) is 4.33. The Balaban J connectivity index is 1.38. The lowest BCUT2D eigenvalue weighted by Gasteiger charge is -2.36. The lowest BCUT2D eigenvalue weighted by atomic mass is 10.2. The zero-order chi connectivity index (χ0) is 20.1. The largest absolute Gasteiger partial charge is 0.491 e. The molecule has 1 fully saturated rings. The van der Waals surface area contributed by atoms with Crippen molar-refractivity contribution in [3.8, 4) is 5.75 Å². The van der Waals surface area contributed by atoms with E-state index in [1.54, 1.807) is 6.33 Å². The average molecular weight is 390 g/mol. The minimum Gasteiger partial charge on any atom is -0.491 e. The maximum Gasteiger partial charge on any atom is 0.135 e. The fourth-order valence-corrected chi connectivity index (χ4v) is 3.46. The maximum absolute atomic E-state index is 5.69. The molecule has 0 aliphatic carbocycles. The first-order valence-corrected chi connectivity index (χ1v) is 10.1. The van der Waals surface area contributed by atoms with E-state index in [0.29, 0.717) is 0 Å². The van der Waals surface area contributed by atoms with Crippen LogP contribution >= 0.6 is 0 Å². The van der Waals surface area contributed by atoms with Gasteiger partial charge in [0.1, 0.15) is 23.7 Å². The zero-order valence-corrected chi connectivity index (χ0v) is 17.0. The number of nitrogens with one attached hydrogen (secondary N) is 1. The lowest BCUT2D eigenvalue weighted by Crippen LogP contribution is -2.46. The van der Waals surface area contributed by atoms with E-state index in [1.807, 2.05) is 44.2 Å². The second-order valence-corrected chi connectivity index (χ2v) is 7.39. The second-order valence-electron chi connectivity index (χ2n) is 7.39. The minimum atomic E-state index is 0.167. The minimum absolute atomic E-state index is 0.167. The molecule has 0 radical (unpaired) electrons. The monoisotopic (exact) mass is 389 g/mol. The van der Waals surface area contributed by atoms with Crippen LogP contribution in [0.1, 0.15) is 13.8 Å². The molecule has 1 aliphatic heterocycles. The number of piperazine rings is 1. The molecule has 6 heteroatoms. The smallest absolute Gasteiger partial charge is 0.135 e. The molecule has 0 bridgehead atoms. The number of ether oxygens (including phenoxy) is 1. The molecule has 0 saturated carbocycles. The Hall–Kier alpha value is -3.28. The standard InChI is InChI=1S/C23H27N5O/c1-18(2)29-21-10-8-19(9-11-21)26-22-16-23(25-17-24-22)28-14-12-27(13-15-28)20-6-4-3-5-7-20/h3-11,16-18H,12-15H2,1-2H3,(H,24,25,26). The molecule has 150 valence electrons. The van der Waals surface area contributed by atoms with Crippen LogP contribution in [0.2, 0.25) is 0 Å². The van der Waals surface area contributed by atoms with Gasteiger partial charge in [-0.25, -0.2) is 9.97 Å². The van der Waals surface area contributed by atoms with E-state index >= 15 is 0 Å². The highest BCUT2D eigenvalue weighted by atomic mass is 16.5. The van der Waals surface area contributed by atoms with Gasteiger partial charge in [-0.05, 0) is 50.2 Å². The normalized spacial score (nSPS) is 14.2. The Kier molecular flexibility index (Phi) is 5.79. The summed E-state index contributed by atoms with van der Waals surface area (Å²) < 4.78 is 5.69. The van der Waals surface area contributed by atoms with Crippen molar-refractivity contribution in [3.63, 3.8) is 0 Å². The van der Waals surface area contributed by atoms with Crippen LogP contribution in [0.5, 0.6) is 5.75 Å². The molecule has 0 atom stereocenters. The molecule has 1 saturated heterocycles. The highest BCUT2D eigenvalue weighted by Crippen LogP contribution is 2.23. The first-order chi connectivity index (χ1) is 14.2. The van der Waals surface area contributed by atoms with E-state index in [-0.39, 0.29) is 6.10 Å². The fraction of sp³-hybridized carbons (Fsp3) is 0.304. The van der Waals surface area contributed by atoms with Crippen LogP contribution in [0, 0.1) is 0 Å². The quantitative estimate of drug-likeness (QED) is 0.677. The SMILES string of the molecule is CC(C)Oc1ccc(Nc2cc(N3CCN(c4ccccc4)CC3)ncn2)cc1. The molecule has 1 aliphatic rings. The van der Waals surface area contributed by atoms with Crippen LogP contribution in [-0.4, -0.2) is 42.3 Å². The number of nitrogens with zero attached hydrogens (tertiary/aromatic N) is 4. The molecule has 0 amide bonds. The highest BCUT2D eigenvalue weighted by molar-refractivity contribution is 5.60. The highest BCUT2D eigenvalue weighted by Gasteiger charge is 2.18. The van der Waals surface area contributed by atoms with Gasteiger partial charge in [0, 0.05) is 43.6 Å². The maximum atomic E-state index is 5.69. The van der Waals surface area contributed by atoms with E-state index in [2.05, 4.69) is 55.4 Å². The van der Waals surface area contributed by atoms with Gasteiger partial charge in [-0.15, -0.1) is 0 Å². The van der Waals surface area contributed by atoms with E-state index in [4.69, 9.17) is 4.74 Å². The van der Waals surface area contributed by atoms with Crippen molar-refractivity contribution >= 4 is 23.0 Å². The van der Waals surface area contributed by atoms with Crippen molar-refractivity contribution in [2.24, 2.45) is 0 Å². The molecule has 0 unspecified atom stereocenters. The summed E-state index contributed by atoms with van der Waals surface area (Å²) in [5.74, 6) is 2.61. The van der Waals surface area contributed by atoms with Crippen molar-refractivity contribution in [3.05, 3.63) is 67.0 Å². The third-order valence-corrected chi connectivity index (χ3v) is 4.88. The van der Waals surface area contributed by atoms with Crippen LogP contribution in [0.15, 0.2) is 67.0 Å². The topological polar surface area (TPSA) is 53.5 Å². The van der Waals surface area contributed by atoms with Crippen LogP contribution in [0.25, 0.3) is 0 Å². The number of hydrogen-bond acceptors (Lipinski definition) is 6. The predicted molar refractivity (Wildman–Crippen MR) is 118 cm³/mol. The molecule has 2 heterocycles. The summed E-state index contributed by atoms with van der Waals surface area (Å²) in [5.41, 5.74) is 2.25. The summed E-state index contributed by atoms with van der Waals surface area (Å²) in [6, 6.07) is 20.5. The summed E-state index contributed by atoms with van der Waals surface area (Å²) in [4.78, 5) is 13.6. The molecule has 6 nitrogen and oxygen atoms in total. The summed E-state index contributed by atoms with van der Waals surface area (Å²) in [7, 11) is 0. The summed E-state index contributed by atoms with van der Waals surface area (Å²) in [6.45, 7) is 7.88. The molecular formula is C23H27N5O. The van der Waals surface area contributed by atoms with E-state index in [9.17, 15) is 0 Å². The number of para-hydroxylation sites is 1. The van der Waals surface area contributed by atoms with E-state index < -0.39 is 0 Å². The van der Waals surface area contributed by atoms with Gasteiger partial charge in [-0.2, -0.15) is 0 Å². The van der Waals surface area contributed by atoms with Crippen LogP contribution in [-0.2, 0) is 0 Å². The van der Waals surface area contributed by atoms with Crippen molar-refractivity contribution in [2.45, 2.75) is 20.0 Å². The van der Waals surface area contributed by atoms with Gasteiger partial charge in [0.2, 0.25) is 0 Å². The molecule has 4 rings (SSSR count). The lowest BCUT2D eigenvalue weighted by molar-refractivity contribution is 0.242. The van der Waals surface area contributed by atoms with E-state index in [1.165, 1.54) is 5.69 Å². The second kappa shape index (κ2) is 8.82. The first kappa shape index (κ1) is 19.1. The molecule has 3 aromatic rings. The third kappa shape index (κ3) is 4.96. The number of aromatic nitrogens is 2. The zero-order valence-electron chi connectivity index (χ0n) is 17.0. The number of rotatable bonds is 6. The Bertz CT molecular complexity index is 906. The Labute approximate surface area is 172 Å². The third-order valence-electron chi connectivity index (χ3n) is 4.88. The van der Waals surface area contributed by atoms with E-state index in [0.717, 1.165) is 49.3 Å². The summed E-state index contributed by atoms with van der Waals surface area (Å²) in [5, 5.41) is 3.35. The average Bonchev–Trinajstić information content (AvgIpc) is 2.76. The molecule has 0 spiro atoms. The van der Waals surface area contributed by atoms with Gasteiger partial charge < -0.3 is 19.9 Å². The van der Waals surface area contributed by atoms with Crippen LogP contribution in [0.3, 0.4) is 0 Å². The number of benzene rings is 2. The molecule has 1 N–H and O–H groups in total. The Morgan fingerprint density at radius 1 is 0.862 bits per heavy atom. The summed E-state index contributed by atoms with van der Waals surface area (Å²) >= 11 is 0. The van der Waals surface area contributed by atoms with Gasteiger partial charge >= 0.3 is 0 Å². The molecule has 1 aromatic heterocycles. The van der Waals surface area contributed by atoms with Gasteiger partial charge in [0.15, 0.2) is 0 Å². The van der Waals surface area contributed by atoms with Crippen molar-refractivity contribution in [2.75, 3.05) is 41.3 Å². The van der Waals surface area contributed by atoms with Crippen molar-refractivity contribution < 1.29 is 4.74 Å². The number of hydrogen-bond donors (Lipinski definition) is 1. The van der Waals surface area contributed by atoms with Gasteiger partial charge in [0.05, 0.1) is 6.10 Å². The molecular weight excluding hydrogens is 362 g/mol.